The molecule has 0 bridgehead atoms. The van der Waals surface area contributed by atoms with Crippen molar-refractivity contribution < 1.29 is 22.7 Å². The number of rotatable bonds is 7. The van der Waals surface area contributed by atoms with E-state index in [0.29, 0.717) is 22.1 Å². The van der Waals surface area contributed by atoms with Gasteiger partial charge in [-0.3, -0.25) is 9.59 Å². The second-order valence-corrected chi connectivity index (χ2v) is 9.55. The summed E-state index contributed by atoms with van der Waals surface area (Å²) in [6.07, 6.45) is 1.06. The van der Waals surface area contributed by atoms with E-state index in [-0.39, 0.29) is 22.1 Å². The van der Waals surface area contributed by atoms with E-state index in [1.165, 1.54) is 36.4 Å². The minimum absolute atomic E-state index is 0.0355. The SMILES string of the molecule is CS(=O)(=O)c1cccc(C(=O)Nc2ccc(NC(=O)COc3ccccc3Cl)cc2Cl)c1. The third kappa shape index (κ3) is 6.23. The van der Waals surface area contributed by atoms with Crippen LogP contribution in [0.2, 0.25) is 10.0 Å². The average Bonchev–Trinajstić information content (AvgIpc) is 2.74. The third-order valence-electron chi connectivity index (χ3n) is 4.22. The van der Waals surface area contributed by atoms with Crippen LogP contribution in [0.15, 0.2) is 71.6 Å². The first kappa shape index (κ1) is 23.6. The van der Waals surface area contributed by atoms with Crippen LogP contribution in [0.4, 0.5) is 11.4 Å². The van der Waals surface area contributed by atoms with Gasteiger partial charge in [0.05, 0.1) is 20.6 Å². The van der Waals surface area contributed by atoms with E-state index in [1.54, 1.807) is 30.3 Å². The van der Waals surface area contributed by atoms with Gasteiger partial charge in [0, 0.05) is 17.5 Å². The fourth-order valence-electron chi connectivity index (χ4n) is 2.66. The molecular weight excluding hydrogens is 475 g/mol. The van der Waals surface area contributed by atoms with Gasteiger partial charge in [-0.2, -0.15) is 0 Å². The summed E-state index contributed by atoms with van der Waals surface area (Å²) >= 11 is 12.2. The molecule has 2 amide bonds. The predicted molar refractivity (Wildman–Crippen MR) is 125 cm³/mol. The number of para-hydroxylation sites is 1. The van der Waals surface area contributed by atoms with Crippen molar-refractivity contribution in [3.8, 4) is 5.75 Å². The second-order valence-electron chi connectivity index (χ2n) is 6.72. The molecule has 10 heteroatoms. The minimum Gasteiger partial charge on any atom is -0.482 e. The van der Waals surface area contributed by atoms with Crippen molar-refractivity contribution in [2.24, 2.45) is 0 Å². The highest BCUT2D eigenvalue weighted by Crippen LogP contribution is 2.27. The van der Waals surface area contributed by atoms with Crippen molar-refractivity contribution >= 4 is 56.2 Å². The maximum atomic E-state index is 12.5. The molecule has 3 aromatic carbocycles. The Hall–Kier alpha value is -3.07. The third-order valence-corrected chi connectivity index (χ3v) is 5.96. The van der Waals surface area contributed by atoms with Gasteiger partial charge < -0.3 is 15.4 Å². The van der Waals surface area contributed by atoms with Gasteiger partial charge in [0.1, 0.15) is 5.75 Å². The molecule has 0 saturated carbocycles. The van der Waals surface area contributed by atoms with Crippen LogP contribution in [0, 0.1) is 0 Å². The zero-order valence-corrected chi connectivity index (χ0v) is 19.1. The summed E-state index contributed by atoms with van der Waals surface area (Å²) in [6.45, 7) is -0.253. The summed E-state index contributed by atoms with van der Waals surface area (Å²) in [5, 5.41) is 5.84. The summed E-state index contributed by atoms with van der Waals surface area (Å²) in [4.78, 5) is 24.7. The van der Waals surface area contributed by atoms with Crippen LogP contribution in [-0.2, 0) is 14.6 Å². The quantitative estimate of drug-likeness (QED) is 0.498. The lowest BCUT2D eigenvalue weighted by Gasteiger charge is -2.11. The summed E-state index contributed by atoms with van der Waals surface area (Å²) in [7, 11) is -3.45. The molecule has 3 aromatic rings. The van der Waals surface area contributed by atoms with Crippen LogP contribution in [0.3, 0.4) is 0 Å². The van der Waals surface area contributed by atoms with Crippen LogP contribution in [0.5, 0.6) is 5.75 Å². The molecule has 0 saturated heterocycles. The Morgan fingerprint density at radius 2 is 1.66 bits per heavy atom. The topological polar surface area (TPSA) is 102 Å². The van der Waals surface area contributed by atoms with Crippen molar-refractivity contribution in [1.29, 1.82) is 0 Å². The van der Waals surface area contributed by atoms with Gasteiger partial charge in [0.15, 0.2) is 16.4 Å². The van der Waals surface area contributed by atoms with Crippen LogP contribution in [0.25, 0.3) is 0 Å². The molecule has 0 heterocycles. The highest BCUT2D eigenvalue weighted by Gasteiger charge is 2.14. The Balaban J connectivity index is 1.63. The van der Waals surface area contributed by atoms with Crippen molar-refractivity contribution in [2.75, 3.05) is 23.5 Å². The van der Waals surface area contributed by atoms with Crippen LogP contribution in [0.1, 0.15) is 10.4 Å². The molecule has 3 rings (SSSR count). The predicted octanol–water partition coefficient (Wildman–Crippen LogP) is 4.67. The second kappa shape index (κ2) is 10.0. The van der Waals surface area contributed by atoms with Crippen molar-refractivity contribution in [1.82, 2.24) is 0 Å². The standard InChI is InChI=1S/C22H18Cl2N2O5S/c1-32(29,30)16-6-4-5-14(11-16)22(28)26-19-10-9-15(12-18(19)24)25-21(27)13-31-20-8-3-2-7-17(20)23/h2-12H,13H2,1H3,(H,25,27)(H,26,28). The number of carbonyl (C=O) groups is 2. The molecule has 0 radical (unpaired) electrons. The molecule has 2 N–H and O–H groups in total. The van der Waals surface area contributed by atoms with Gasteiger partial charge in [0.2, 0.25) is 0 Å². The summed E-state index contributed by atoms with van der Waals surface area (Å²) in [5.41, 5.74) is 0.865. The van der Waals surface area contributed by atoms with Crippen molar-refractivity contribution in [3.63, 3.8) is 0 Å². The Morgan fingerprint density at radius 3 is 2.34 bits per heavy atom. The van der Waals surface area contributed by atoms with E-state index >= 15 is 0 Å². The van der Waals surface area contributed by atoms with Gasteiger partial charge in [-0.05, 0) is 48.5 Å². The number of anilines is 2. The number of sulfone groups is 1. The average molecular weight is 493 g/mol. The molecule has 0 aliphatic carbocycles. The summed E-state index contributed by atoms with van der Waals surface area (Å²) < 4.78 is 28.8. The molecule has 0 atom stereocenters. The molecule has 7 nitrogen and oxygen atoms in total. The fourth-order valence-corrected chi connectivity index (χ4v) is 3.74. The zero-order chi connectivity index (χ0) is 23.3. The van der Waals surface area contributed by atoms with E-state index in [0.717, 1.165) is 6.26 Å². The Morgan fingerprint density at radius 1 is 0.906 bits per heavy atom. The molecule has 0 aromatic heterocycles. The highest BCUT2D eigenvalue weighted by molar-refractivity contribution is 7.90. The highest BCUT2D eigenvalue weighted by atomic mass is 35.5. The number of ether oxygens (including phenoxy) is 1. The van der Waals surface area contributed by atoms with Crippen LogP contribution in [-0.4, -0.2) is 33.1 Å². The molecule has 166 valence electrons. The number of nitrogens with one attached hydrogen (secondary N) is 2. The van der Waals surface area contributed by atoms with Crippen molar-refractivity contribution in [3.05, 3.63) is 82.3 Å². The van der Waals surface area contributed by atoms with Crippen molar-refractivity contribution in [2.45, 2.75) is 4.90 Å². The van der Waals surface area contributed by atoms with E-state index in [4.69, 9.17) is 27.9 Å². The normalized spacial score (nSPS) is 11.0. The van der Waals surface area contributed by atoms with E-state index in [9.17, 15) is 18.0 Å². The van der Waals surface area contributed by atoms with Gasteiger partial charge in [0.25, 0.3) is 11.8 Å². The van der Waals surface area contributed by atoms with Gasteiger partial charge in [-0.25, -0.2) is 8.42 Å². The van der Waals surface area contributed by atoms with E-state index in [2.05, 4.69) is 10.6 Å². The van der Waals surface area contributed by atoms with E-state index in [1.807, 2.05) is 0 Å². The number of amides is 2. The number of carbonyl (C=O) groups excluding carboxylic acids is 2. The zero-order valence-electron chi connectivity index (χ0n) is 16.8. The number of hydrogen-bond acceptors (Lipinski definition) is 5. The lowest BCUT2D eigenvalue weighted by atomic mass is 10.2. The lowest BCUT2D eigenvalue weighted by Crippen LogP contribution is -2.20. The van der Waals surface area contributed by atoms with E-state index < -0.39 is 21.7 Å². The Bertz CT molecular complexity index is 1280. The maximum Gasteiger partial charge on any atom is 0.262 e. The molecule has 0 fully saturated rings. The number of hydrogen-bond donors (Lipinski definition) is 2. The first-order valence-corrected chi connectivity index (χ1v) is 11.9. The monoisotopic (exact) mass is 492 g/mol. The summed E-state index contributed by atoms with van der Waals surface area (Å²) in [6, 6.07) is 17.0. The smallest absolute Gasteiger partial charge is 0.262 e. The number of halogens is 2. The van der Waals surface area contributed by atoms with Gasteiger partial charge in [-0.15, -0.1) is 0 Å². The first-order valence-electron chi connectivity index (χ1n) is 9.22. The molecule has 32 heavy (non-hydrogen) atoms. The molecular formula is C22H18Cl2N2O5S. The Labute approximate surface area is 195 Å². The van der Waals surface area contributed by atoms with Gasteiger partial charge in [-0.1, -0.05) is 41.4 Å². The lowest BCUT2D eigenvalue weighted by molar-refractivity contribution is -0.118. The van der Waals surface area contributed by atoms with Gasteiger partial charge >= 0.3 is 0 Å². The minimum atomic E-state index is -3.45. The fraction of sp³-hybridized carbons (Fsp3) is 0.0909. The van der Waals surface area contributed by atoms with Crippen LogP contribution >= 0.6 is 23.2 Å². The maximum absolute atomic E-state index is 12.5. The first-order chi connectivity index (χ1) is 15.1. The molecule has 0 aliphatic rings. The number of benzene rings is 3. The largest absolute Gasteiger partial charge is 0.482 e. The molecule has 0 unspecified atom stereocenters. The Kier molecular flexibility index (Phi) is 7.40. The molecule has 0 spiro atoms. The van der Waals surface area contributed by atoms with Crippen LogP contribution < -0.4 is 15.4 Å². The molecule has 0 aliphatic heterocycles. The summed E-state index contributed by atoms with van der Waals surface area (Å²) in [5.74, 6) is -0.557.